The van der Waals surface area contributed by atoms with E-state index in [1.54, 1.807) is 0 Å². The zero-order chi connectivity index (χ0) is 10.7. The van der Waals surface area contributed by atoms with Crippen molar-refractivity contribution in [1.82, 2.24) is 0 Å². The quantitative estimate of drug-likeness (QED) is 0.783. The second kappa shape index (κ2) is 4.13. The van der Waals surface area contributed by atoms with Gasteiger partial charge in [-0.25, -0.2) is 4.79 Å². The monoisotopic (exact) mass is 193 g/mol. The molecule has 0 heterocycles. The Balaban J connectivity index is 3.17. The van der Waals surface area contributed by atoms with Gasteiger partial charge in [-0.2, -0.15) is 0 Å². The van der Waals surface area contributed by atoms with Gasteiger partial charge in [0, 0.05) is 0 Å². The maximum Gasteiger partial charge on any atom is 0.409 e. The molecule has 0 aliphatic heterocycles. The smallest absolute Gasteiger partial charge is 0.409 e. The third-order valence-electron chi connectivity index (χ3n) is 2.14. The molecule has 0 aromatic heterocycles. The molecule has 0 atom stereocenters. The number of carbonyl (C=O) groups is 1. The summed E-state index contributed by atoms with van der Waals surface area (Å²) >= 11 is 0. The summed E-state index contributed by atoms with van der Waals surface area (Å²) < 4.78 is 4.94. The summed E-state index contributed by atoms with van der Waals surface area (Å²) in [6.07, 6.45) is 0.0686. The standard InChI is InChI=1S/C11H15NO2/c1-4-9-8(3)5-7(2)6-10(9)14-11(12)13/h5-6H,4H2,1-3H3,(H2,12,13). The van der Waals surface area contributed by atoms with E-state index in [4.69, 9.17) is 10.5 Å². The number of ether oxygens (including phenoxy) is 1. The first-order chi connectivity index (χ1) is 6.54. The molecule has 1 aromatic carbocycles. The number of aryl methyl sites for hydroxylation is 2. The predicted octanol–water partition coefficient (Wildman–Crippen LogP) is 2.32. The van der Waals surface area contributed by atoms with E-state index in [1.165, 1.54) is 0 Å². The average molecular weight is 193 g/mol. The molecule has 0 aliphatic rings. The number of amides is 1. The van der Waals surface area contributed by atoms with Crippen molar-refractivity contribution >= 4 is 6.09 Å². The molecular weight excluding hydrogens is 178 g/mol. The van der Waals surface area contributed by atoms with Crippen LogP contribution in [0.3, 0.4) is 0 Å². The predicted molar refractivity (Wildman–Crippen MR) is 55.5 cm³/mol. The van der Waals surface area contributed by atoms with Gasteiger partial charge >= 0.3 is 6.09 Å². The second-order valence-electron chi connectivity index (χ2n) is 3.33. The van der Waals surface area contributed by atoms with Crippen molar-refractivity contribution in [3.05, 3.63) is 28.8 Å². The molecule has 1 aromatic rings. The van der Waals surface area contributed by atoms with Gasteiger partial charge in [0.25, 0.3) is 0 Å². The highest BCUT2D eigenvalue weighted by molar-refractivity contribution is 5.69. The molecule has 3 nitrogen and oxygen atoms in total. The average Bonchev–Trinajstić information content (AvgIpc) is 2.01. The second-order valence-corrected chi connectivity index (χ2v) is 3.33. The molecule has 1 amide bonds. The van der Waals surface area contributed by atoms with E-state index in [0.717, 1.165) is 23.1 Å². The number of primary amides is 1. The molecule has 0 aliphatic carbocycles. The molecule has 0 spiro atoms. The Morgan fingerprint density at radius 1 is 1.43 bits per heavy atom. The maximum absolute atomic E-state index is 10.7. The third-order valence-corrected chi connectivity index (χ3v) is 2.14. The van der Waals surface area contributed by atoms with Gasteiger partial charge in [-0.1, -0.05) is 13.0 Å². The van der Waals surface area contributed by atoms with Crippen LogP contribution >= 0.6 is 0 Å². The SMILES string of the molecule is CCc1c(C)cc(C)cc1OC(N)=O. The van der Waals surface area contributed by atoms with E-state index in [9.17, 15) is 4.79 Å². The Kier molecular flexibility index (Phi) is 3.12. The third kappa shape index (κ3) is 2.25. The van der Waals surface area contributed by atoms with Crippen LogP contribution in [0.2, 0.25) is 0 Å². The van der Waals surface area contributed by atoms with E-state index >= 15 is 0 Å². The van der Waals surface area contributed by atoms with E-state index in [2.05, 4.69) is 6.07 Å². The molecule has 0 saturated carbocycles. The van der Waals surface area contributed by atoms with Gasteiger partial charge in [0.05, 0.1) is 0 Å². The summed E-state index contributed by atoms with van der Waals surface area (Å²) in [6.45, 7) is 5.98. The number of carbonyl (C=O) groups excluding carboxylic acids is 1. The molecule has 0 bridgehead atoms. The van der Waals surface area contributed by atoms with Gasteiger partial charge in [0.15, 0.2) is 0 Å². The van der Waals surface area contributed by atoms with Crippen molar-refractivity contribution in [2.45, 2.75) is 27.2 Å². The summed E-state index contributed by atoms with van der Waals surface area (Å²) in [6, 6.07) is 3.89. The van der Waals surface area contributed by atoms with Crippen molar-refractivity contribution in [3.63, 3.8) is 0 Å². The lowest BCUT2D eigenvalue weighted by Gasteiger charge is -2.11. The van der Waals surface area contributed by atoms with E-state index in [-0.39, 0.29) is 0 Å². The Morgan fingerprint density at radius 2 is 2.07 bits per heavy atom. The van der Waals surface area contributed by atoms with Crippen LogP contribution < -0.4 is 10.5 Å². The minimum Gasteiger partial charge on any atom is -0.410 e. The normalized spacial score (nSPS) is 9.93. The minimum atomic E-state index is -0.760. The highest BCUT2D eigenvalue weighted by Gasteiger charge is 2.08. The zero-order valence-electron chi connectivity index (χ0n) is 8.76. The highest BCUT2D eigenvalue weighted by atomic mass is 16.5. The minimum absolute atomic E-state index is 0.581. The summed E-state index contributed by atoms with van der Waals surface area (Å²) in [5.74, 6) is 0.581. The van der Waals surface area contributed by atoms with E-state index < -0.39 is 6.09 Å². The maximum atomic E-state index is 10.7. The van der Waals surface area contributed by atoms with E-state index in [1.807, 2.05) is 26.8 Å². The Bertz CT molecular complexity index is 359. The van der Waals surface area contributed by atoms with Gasteiger partial charge in [-0.15, -0.1) is 0 Å². The highest BCUT2D eigenvalue weighted by Crippen LogP contribution is 2.24. The van der Waals surface area contributed by atoms with Crippen molar-refractivity contribution < 1.29 is 9.53 Å². The van der Waals surface area contributed by atoms with Crippen LogP contribution in [-0.4, -0.2) is 6.09 Å². The Labute approximate surface area is 83.9 Å². The molecule has 14 heavy (non-hydrogen) atoms. The summed E-state index contributed by atoms with van der Waals surface area (Å²) in [4.78, 5) is 10.7. The first kappa shape index (κ1) is 10.6. The molecule has 3 heteroatoms. The van der Waals surface area contributed by atoms with Crippen molar-refractivity contribution in [2.24, 2.45) is 5.73 Å². The molecular formula is C11H15NO2. The number of hydrogen-bond acceptors (Lipinski definition) is 2. The summed E-state index contributed by atoms with van der Waals surface area (Å²) in [7, 11) is 0. The summed E-state index contributed by atoms with van der Waals surface area (Å²) in [5.41, 5.74) is 8.22. The number of nitrogens with two attached hydrogens (primary N) is 1. The molecule has 0 fully saturated rings. The lowest BCUT2D eigenvalue weighted by atomic mass is 10.0. The van der Waals surface area contributed by atoms with Crippen LogP contribution in [-0.2, 0) is 6.42 Å². The van der Waals surface area contributed by atoms with Crippen molar-refractivity contribution in [1.29, 1.82) is 0 Å². The number of rotatable bonds is 2. The molecule has 0 unspecified atom stereocenters. The van der Waals surface area contributed by atoms with Crippen LogP contribution in [0.1, 0.15) is 23.6 Å². The molecule has 76 valence electrons. The van der Waals surface area contributed by atoms with Gasteiger partial charge in [0.2, 0.25) is 0 Å². The first-order valence-electron chi connectivity index (χ1n) is 4.62. The fraction of sp³-hybridized carbons (Fsp3) is 0.364. The Hall–Kier alpha value is -1.51. The first-order valence-corrected chi connectivity index (χ1v) is 4.62. The molecule has 0 radical (unpaired) electrons. The molecule has 0 saturated heterocycles. The van der Waals surface area contributed by atoms with Crippen LogP contribution in [0, 0.1) is 13.8 Å². The lowest BCUT2D eigenvalue weighted by molar-refractivity contribution is 0.210. The largest absolute Gasteiger partial charge is 0.410 e. The fourth-order valence-electron chi connectivity index (χ4n) is 1.61. The lowest BCUT2D eigenvalue weighted by Crippen LogP contribution is -2.17. The topological polar surface area (TPSA) is 52.3 Å². The fourth-order valence-corrected chi connectivity index (χ4v) is 1.61. The van der Waals surface area contributed by atoms with Gasteiger partial charge < -0.3 is 10.5 Å². The van der Waals surface area contributed by atoms with Crippen molar-refractivity contribution in [3.8, 4) is 5.75 Å². The van der Waals surface area contributed by atoms with E-state index in [0.29, 0.717) is 5.75 Å². The van der Waals surface area contributed by atoms with Crippen LogP contribution in [0.15, 0.2) is 12.1 Å². The van der Waals surface area contributed by atoms with Crippen LogP contribution in [0.4, 0.5) is 4.79 Å². The van der Waals surface area contributed by atoms with Gasteiger partial charge in [-0.3, -0.25) is 0 Å². The summed E-state index contributed by atoms with van der Waals surface area (Å²) in [5, 5.41) is 0. The van der Waals surface area contributed by atoms with Crippen molar-refractivity contribution in [2.75, 3.05) is 0 Å². The van der Waals surface area contributed by atoms with Crippen LogP contribution in [0.25, 0.3) is 0 Å². The number of benzene rings is 1. The Morgan fingerprint density at radius 3 is 2.57 bits per heavy atom. The van der Waals surface area contributed by atoms with Gasteiger partial charge in [0.1, 0.15) is 5.75 Å². The van der Waals surface area contributed by atoms with Gasteiger partial charge in [-0.05, 0) is 43.0 Å². The van der Waals surface area contributed by atoms with Crippen LogP contribution in [0.5, 0.6) is 5.75 Å². The zero-order valence-corrected chi connectivity index (χ0v) is 8.76. The molecule has 2 N–H and O–H groups in total. The molecule has 1 rings (SSSR count). The number of hydrogen-bond donors (Lipinski definition) is 1.